The first-order valence-corrected chi connectivity index (χ1v) is 5.67. The molecule has 1 aromatic rings. The molecular weight excluding hydrogens is 204 g/mol. The molecule has 1 atom stereocenters. The van der Waals surface area contributed by atoms with Gasteiger partial charge in [-0.2, -0.15) is 0 Å². The van der Waals surface area contributed by atoms with Gasteiger partial charge in [-0.05, 0) is 12.3 Å². The first-order valence-electron chi connectivity index (χ1n) is 5.67. The van der Waals surface area contributed by atoms with E-state index in [1.54, 1.807) is 13.3 Å². The number of aryl methyl sites for hydroxylation is 2. The second kappa shape index (κ2) is 5.46. The van der Waals surface area contributed by atoms with E-state index >= 15 is 0 Å². The summed E-state index contributed by atoms with van der Waals surface area (Å²) in [6.07, 6.45) is 5.13. The van der Waals surface area contributed by atoms with Crippen LogP contribution in [-0.2, 0) is 18.2 Å². The van der Waals surface area contributed by atoms with Gasteiger partial charge in [-0.3, -0.25) is 0 Å². The smallest absolute Gasteiger partial charge is 0.108 e. The minimum atomic E-state index is -0.763. The highest BCUT2D eigenvalue weighted by molar-refractivity contribution is 4.94. The average molecular weight is 226 g/mol. The Hall–Kier alpha value is -0.870. The maximum Gasteiger partial charge on any atom is 0.108 e. The van der Waals surface area contributed by atoms with Gasteiger partial charge in [0.2, 0.25) is 0 Å². The predicted octanol–water partition coefficient (Wildman–Crippen LogP) is 1.39. The number of imidazole rings is 1. The van der Waals surface area contributed by atoms with Crippen molar-refractivity contribution in [3.63, 3.8) is 0 Å². The maximum absolute atomic E-state index is 10.4. The highest BCUT2D eigenvalue weighted by atomic mass is 16.5. The van der Waals surface area contributed by atoms with Crippen molar-refractivity contribution in [3.05, 3.63) is 18.2 Å². The number of aromatic nitrogens is 2. The number of nitrogens with zero attached hydrogens (tertiary/aromatic N) is 2. The van der Waals surface area contributed by atoms with Gasteiger partial charge >= 0.3 is 0 Å². The third kappa shape index (κ3) is 3.06. The van der Waals surface area contributed by atoms with Crippen molar-refractivity contribution in [2.24, 2.45) is 13.0 Å². The molecule has 0 aliphatic carbocycles. The highest BCUT2D eigenvalue weighted by Crippen LogP contribution is 2.23. The molecule has 0 aromatic carbocycles. The maximum atomic E-state index is 10.4. The van der Waals surface area contributed by atoms with E-state index in [4.69, 9.17) is 4.74 Å². The molecule has 0 saturated heterocycles. The molecule has 4 nitrogen and oxygen atoms in total. The Labute approximate surface area is 97.3 Å². The molecule has 92 valence electrons. The molecule has 1 heterocycles. The molecule has 1 unspecified atom stereocenters. The summed E-state index contributed by atoms with van der Waals surface area (Å²) in [7, 11) is 3.58. The summed E-state index contributed by atoms with van der Waals surface area (Å²) >= 11 is 0. The lowest BCUT2D eigenvalue weighted by molar-refractivity contribution is -0.0700. The Morgan fingerprint density at radius 1 is 1.56 bits per heavy atom. The molecule has 16 heavy (non-hydrogen) atoms. The SMILES string of the molecule is COCC(O)(CCc1nccn1C)C(C)C. The summed E-state index contributed by atoms with van der Waals surface area (Å²) in [6, 6.07) is 0. The molecular formula is C12H22N2O2. The number of aliphatic hydroxyl groups is 1. The number of methoxy groups -OCH3 is 1. The first kappa shape index (κ1) is 13.2. The molecule has 0 spiro atoms. The average Bonchev–Trinajstić information content (AvgIpc) is 2.61. The molecule has 0 aliphatic heterocycles. The highest BCUT2D eigenvalue weighted by Gasteiger charge is 2.30. The van der Waals surface area contributed by atoms with Crippen molar-refractivity contribution < 1.29 is 9.84 Å². The quantitative estimate of drug-likeness (QED) is 0.797. The number of rotatable bonds is 6. The summed E-state index contributed by atoms with van der Waals surface area (Å²) in [5.41, 5.74) is -0.763. The van der Waals surface area contributed by atoms with Crippen LogP contribution in [0.3, 0.4) is 0 Å². The lowest BCUT2D eigenvalue weighted by atomic mass is 9.86. The summed E-state index contributed by atoms with van der Waals surface area (Å²) < 4.78 is 7.07. The van der Waals surface area contributed by atoms with Crippen molar-refractivity contribution in [1.82, 2.24) is 9.55 Å². The van der Waals surface area contributed by atoms with Gasteiger partial charge in [-0.1, -0.05) is 13.8 Å². The zero-order chi connectivity index (χ0) is 12.2. The van der Waals surface area contributed by atoms with Gasteiger partial charge in [-0.25, -0.2) is 4.98 Å². The molecule has 0 amide bonds. The van der Waals surface area contributed by atoms with E-state index in [0.717, 1.165) is 12.2 Å². The van der Waals surface area contributed by atoms with E-state index in [1.165, 1.54) is 0 Å². The molecule has 0 fully saturated rings. The standard InChI is InChI=1S/C12H22N2O2/c1-10(2)12(15,9-16-4)6-5-11-13-7-8-14(11)3/h7-8,10,15H,5-6,9H2,1-4H3. The molecule has 4 heteroatoms. The molecule has 0 radical (unpaired) electrons. The molecule has 1 aromatic heterocycles. The zero-order valence-corrected chi connectivity index (χ0v) is 10.6. The van der Waals surface area contributed by atoms with Gasteiger partial charge in [-0.15, -0.1) is 0 Å². The van der Waals surface area contributed by atoms with Crippen molar-refractivity contribution in [3.8, 4) is 0 Å². The Morgan fingerprint density at radius 2 is 2.25 bits per heavy atom. The van der Waals surface area contributed by atoms with Gasteiger partial charge in [0.05, 0.1) is 12.2 Å². The largest absolute Gasteiger partial charge is 0.387 e. The van der Waals surface area contributed by atoms with Crippen LogP contribution >= 0.6 is 0 Å². The van der Waals surface area contributed by atoms with E-state index in [-0.39, 0.29) is 5.92 Å². The van der Waals surface area contributed by atoms with Gasteiger partial charge in [0.15, 0.2) is 0 Å². The van der Waals surface area contributed by atoms with Crippen molar-refractivity contribution in [2.45, 2.75) is 32.3 Å². The summed E-state index contributed by atoms with van der Waals surface area (Å²) in [4.78, 5) is 4.25. The Morgan fingerprint density at radius 3 is 2.69 bits per heavy atom. The normalized spacial score (nSPS) is 15.4. The fourth-order valence-corrected chi connectivity index (χ4v) is 1.74. The van der Waals surface area contributed by atoms with Crippen LogP contribution in [0, 0.1) is 5.92 Å². The minimum absolute atomic E-state index is 0.174. The predicted molar refractivity (Wildman–Crippen MR) is 63.2 cm³/mol. The Bertz CT molecular complexity index is 323. The van der Waals surface area contributed by atoms with Crippen molar-refractivity contribution in [2.75, 3.05) is 13.7 Å². The van der Waals surface area contributed by atoms with E-state index in [1.807, 2.05) is 31.7 Å². The third-order valence-electron chi connectivity index (χ3n) is 3.17. The van der Waals surface area contributed by atoms with Crippen LogP contribution in [-0.4, -0.2) is 34.0 Å². The van der Waals surface area contributed by atoms with Crippen LogP contribution in [0.25, 0.3) is 0 Å². The summed E-state index contributed by atoms with van der Waals surface area (Å²) in [5.74, 6) is 1.17. The van der Waals surface area contributed by atoms with Crippen LogP contribution in [0.2, 0.25) is 0 Å². The summed E-state index contributed by atoms with van der Waals surface area (Å²) in [6.45, 7) is 4.39. The van der Waals surface area contributed by atoms with Crippen LogP contribution in [0.1, 0.15) is 26.1 Å². The van der Waals surface area contributed by atoms with Crippen LogP contribution < -0.4 is 0 Å². The monoisotopic (exact) mass is 226 g/mol. The van der Waals surface area contributed by atoms with Crippen LogP contribution in [0.15, 0.2) is 12.4 Å². The lowest BCUT2D eigenvalue weighted by Gasteiger charge is -2.31. The van der Waals surface area contributed by atoms with E-state index < -0.39 is 5.60 Å². The van der Waals surface area contributed by atoms with Gasteiger partial charge in [0.25, 0.3) is 0 Å². The van der Waals surface area contributed by atoms with E-state index in [0.29, 0.717) is 13.0 Å². The van der Waals surface area contributed by atoms with Crippen LogP contribution in [0.5, 0.6) is 0 Å². The fraction of sp³-hybridized carbons (Fsp3) is 0.750. The van der Waals surface area contributed by atoms with Gasteiger partial charge < -0.3 is 14.4 Å². The van der Waals surface area contributed by atoms with Gasteiger partial charge in [0, 0.05) is 33.0 Å². The first-order chi connectivity index (χ1) is 7.49. The minimum Gasteiger partial charge on any atom is -0.387 e. The Balaban J connectivity index is 2.60. The van der Waals surface area contributed by atoms with Crippen molar-refractivity contribution >= 4 is 0 Å². The zero-order valence-electron chi connectivity index (χ0n) is 10.6. The lowest BCUT2D eigenvalue weighted by Crippen LogP contribution is -2.40. The van der Waals surface area contributed by atoms with Crippen molar-refractivity contribution in [1.29, 1.82) is 0 Å². The molecule has 0 bridgehead atoms. The second-order valence-electron chi connectivity index (χ2n) is 4.65. The molecule has 1 rings (SSSR count). The Kier molecular flexibility index (Phi) is 4.50. The topological polar surface area (TPSA) is 47.3 Å². The molecule has 1 N–H and O–H groups in total. The summed E-state index contributed by atoms with van der Waals surface area (Å²) in [5, 5.41) is 10.4. The molecule has 0 aliphatic rings. The van der Waals surface area contributed by atoms with Gasteiger partial charge in [0.1, 0.15) is 5.82 Å². The number of hydrogen-bond donors (Lipinski definition) is 1. The van der Waals surface area contributed by atoms with E-state index in [9.17, 15) is 5.11 Å². The molecule has 0 saturated carbocycles. The van der Waals surface area contributed by atoms with Crippen LogP contribution in [0.4, 0.5) is 0 Å². The number of ether oxygens (including phenoxy) is 1. The third-order valence-corrected chi connectivity index (χ3v) is 3.17. The van der Waals surface area contributed by atoms with E-state index in [2.05, 4.69) is 4.98 Å². The fourth-order valence-electron chi connectivity index (χ4n) is 1.74. The number of hydrogen-bond acceptors (Lipinski definition) is 3. The second-order valence-corrected chi connectivity index (χ2v) is 4.65.